The lowest BCUT2D eigenvalue weighted by molar-refractivity contribution is 0.0531. The Hall–Kier alpha value is -2.32. The second kappa shape index (κ2) is 7.92. The number of nitrogens with zero attached hydrogens (tertiary/aromatic N) is 1. The third kappa shape index (κ3) is 3.91. The van der Waals surface area contributed by atoms with E-state index in [1.54, 1.807) is 19.9 Å². The first-order valence-corrected chi connectivity index (χ1v) is 9.24. The highest BCUT2D eigenvalue weighted by molar-refractivity contribution is 7.17. The van der Waals surface area contributed by atoms with Crippen LogP contribution in [0.3, 0.4) is 0 Å². The number of rotatable bonds is 4. The number of benzene rings is 1. The summed E-state index contributed by atoms with van der Waals surface area (Å²) in [5.41, 5.74) is 0.810. The minimum Gasteiger partial charge on any atom is -0.489 e. The van der Waals surface area contributed by atoms with Crippen LogP contribution in [-0.4, -0.2) is 36.7 Å². The van der Waals surface area contributed by atoms with Gasteiger partial charge in [0.1, 0.15) is 4.88 Å². The van der Waals surface area contributed by atoms with Gasteiger partial charge < -0.3 is 14.2 Å². The van der Waals surface area contributed by atoms with Gasteiger partial charge in [0.2, 0.25) is 0 Å². The van der Waals surface area contributed by atoms with Crippen LogP contribution in [0.25, 0.3) is 0 Å². The van der Waals surface area contributed by atoms with Gasteiger partial charge in [0.05, 0.1) is 30.5 Å². The Labute approximate surface area is 159 Å². The lowest BCUT2D eigenvalue weighted by Gasteiger charge is -2.11. The summed E-state index contributed by atoms with van der Waals surface area (Å²) < 4.78 is 16.1. The van der Waals surface area contributed by atoms with Gasteiger partial charge in [-0.05, 0) is 26.0 Å². The molecule has 1 aromatic heterocycles. The maximum Gasteiger partial charge on any atom is 0.350 e. The van der Waals surface area contributed by atoms with Gasteiger partial charge in [-0.25, -0.2) is 9.78 Å². The Bertz CT molecular complexity index is 852. The van der Waals surface area contributed by atoms with Crippen molar-refractivity contribution in [1.29, 1.82) is 0 Å². The molecular weight excluding hydrogens is 380 g/mol. The first-order chi connectivity index (χ1) is 12.5. The lowest BCUT2D eigenvalue weighted by Crippen LogP contribution is -2.12. The topological polar surface area (TPSA) is 86.8 Å². The van der Waals surface area contributed by atoms with Crippen molar-refractivity contribution >= 4 is 39.9 Å². The highest BCUT2D eigenvalue weighted by atomic mass is 35.5. The van der Waals surface area contributed by atoms with Crippen LogP contribution in [0.4, 0.5) is 5.13 Å². The van der Waals surface area contributed by atoms with E-state index in [1.807, 2.05) is 0 Å². The van der Waals surface area contributed by atoms with Crippen molar-refractivity contribution < 1.29 is 23.8 Å². The van der Waals surface area contributed by atoms with Gasteiger partial charge in [0.25, 0.3) is 5.91 Å². The number of hydrogen-bond donors (Lipinski definition) is 1. The number of ether oxygens (including phenoxy) is 3. The van der Waals surface area contributed by atoms with Crippen molar-refractivity contribution in [2.45, 2.75) is 20.3 Å². The Morgan fingerprint density at radius 2 is 2.12 bits per heavy atom. The molecule has 0 spiro atoms. The Balaban J connectivity index is 1.80. The second-order valence-corrected chi connectivity index (χ2v) is 6.85. The van der Waals surface area contributed by atoms with Gasteiger partial charge in [-0.2, -0.15) is 0 Å². The summed E-state index contributed by atoms with van der Waals surface area (Å²) in [6.45, 7) is 4.68. The molecule has 1 aromatic carbocycles. The molecule has 0 saturated carbocycles. The van der Waals surface area contributed by atoms with E-state index in [0.717, 1.165) is 17.8 Å². The first-order valence-electron chi connectivity index (χ1n) is 8.04. The molecule has 26 heavy (non-hydrogen) atoms. The molecular formula is C17H17ClN2O5S. The summed E-state index contributed by atoms with van der Waals surface area (Å²) in [6, 6.07) is 3.09. The molecule has 0 unspecified atom stereocenters. The first kappa shape index (κ1) is 18.5. The van der Waals surface area contributed by atoms with Gasteiger partial charge in [0.15, 0.2) is 16.6 Å². The molecule has 1 aliphatic rings. The van der Waals surface area contributed by atoms with Crippen LogP contribution in [0.15, 0.2) is 12.1 Å². The molecule has 0 aliphatic carbocycles. The summed E-state index contributed by atoms with van der Waals surface area (Å²) >= 11 is 7.27. The molecule has 2 heterocycles. The smallest absolute Gasteiger partial charge is 0.350 e. The normalized spacial score (nSPS) is 13.0. The van der Waals surface area contributed by atoms with Crippen molar-refractivity contribution in [1.82, 2.24) is 4.98 Å². The van der Waals surface area contributed by atoms with E-state index < -0.39 is 11.9 Å². The number of fused-ring (bicyclic) bond motifs is 1. The van der Waals surface area contributed by atoms with Crippen molar-refractivity contribution in [3.8, 4) is 11.5 Å². The molecule has 9 heteroatoms. The molecule has 1 N–H and O–H groups in total. The number of nitrogens with one attached hydrogen (secondary N) is 1. The SMILES string of the molecule is CCOC(=O)c1sc(NC(=O)c2cc(Cl)c3c(c2)OCCCO3)nc1C. The summed E-state index contributed by atoms with van der Waals surface area (Å²) in [6.07, 6.45) is 0.738. The van der Waals surface area contributed by atoms with Crippen LogP contribution in [-0.2, 0) is 4.74 Å². The summed E-state index contributed by atoms with van der Waals surface area (Å²) in [7, 11) is 0. The molecule has 3 rings (SSSR count). The van der Waals surface area contributed by atoms with Crippen LogP contribution < -0.4 is 14.8 Å². The number of amides is 1. The number of carbonyl (C=O) groups excluding carboxylic acids is 2. The number of carbonyl (C=O) groups is 2. The molecule has 1 amide bonds. The molecule has 0 saturated heterocycles. The van der Waals surface area contributed by atoms with Gasteiger partial charge >= 0.3 is 5.97 Å². The highest BCUT2D eigenvalue weighted by Crippen LogP contribution is 2.38. The van der Waals surface area contributed by atoms with Crippen LogP contribution in [0.5, 0.6) is 11.5 Å². The fourth-order valence-corrected chi connectivity index (χ4v) is 3.49. The van der Waals surface area contributed by atoms with Gasteiger partial charge in [-0.15, -0.1) is 0 Å². The number of hydrogen-bond acceptors (Lipinski definition) is 7. The van der Waals surface area contributed by atoms with Crippen LogP contribution >= 0.6 is 22.9 Å². The van der Waals surface area contributed by atoms with E-state index in [2.05, 4.69) is 10.3 Å². The minimum absolute atomic E-state index is 0.271. The second-order valence-electron chi connectivity index (χ2n) is 5.44. The zero-order valence-corrected chi connectivity index (χ0v) is 15.8. The average molecular weight is 397 g/mol. The Morgan fingerprint density at radius 1 is 1.35 bits per heavy atom. The Kier molecular flexibility index (Phi) is 5.63. The average Bonchev–Trinajstić information content (AvgIpc) is 2.81. The van der Waals surface area contributed by atoms with Crippen LogP contribution in [0.1, 0.15) is 39.1 Å². The predicted octanol–water partition coefficient (Wildman–Crippen LogP) is 3.70. The van der Waals surface area contributed by atoms with Crippen molar-refractivity contribution in [2.24, 2.45) is 0 Å². The van der Waals surface area contributed by atoms with E-state index in [-0.39, 0.29) is 6.61 Å². The number of thiazole rings is 1. The third-order valence-electron chi connectivity index (χ3n) is 3.54. The van der Waals surface area contributed by atoms with E-state index in [1.165, 1.54) is 6.07 Å². The van der Waals surface area contributed by atoms with E-state index in [4.69, 9.17) is 25.8 Å². The zero-order valence-electron chi connectivity index (χ0n) is 14.3. The van der Waals surface area contributed by atoms with Crippen molar-refractivity contribution in [3.05, 3.63) is 33.3 Å². The number of esters is 1. The van der Waals surface area contributed by atoms with Crippen molar-refractivity contribution in [3.63, 3.8) is 0 Å². The fraction of sp³-hybridized carbons (Fsp3) is 0.353. The number of halogens is 1. The largest absolute Gasteiger partial charge is 0.489 e. The maximum absolute atomic E-state index is 12.5. The van der Waals surface area contributed by atoms with Crippen LogP contribution in [0, 0.1) is 6.92 Å². The zero-order chi connectivity index (χ0) is 18.7. The fourth-order valence-electron chi connectivity index (χ4n) is 2.37. The summed E-state index contributed by atoms with van der Waals surface area (Å²) in [5, 5.41) is 3.28. The molecule has 0 bridgehead atoms. The molecule has 0 fully saturated rings. The molecule has 138 valence electrons. The standard InChI is InChI=1S/C17H17ClN2O5S/c1-3-23-16(22)14-9(2)19-17(26-14)20-15(21)10-7-11(18)13-12(8-10)24-5-4-6-25-13/h7-8H,3-6H2,1-2H3,(H,19,20,21). The minimum atomic E-state index is -0.457. The number of anilines is 1. The summed E-state index contributed by atoms with van der Waals surface area (Å²) in [5.74, 6) is 0.00594. The summed E-state index contributed by atoms with van der Waals surface area (Å²) in [4.78, 5) is 29.0. The lowest BCUT2D eigenvalue weighted by atomic mass is 10.2. The highest BCUT2D eigenvalue weighted by Gasteiger charge is 2.21. The maximum atomic E-state index is 12.5. The quantitative estimate of drug-likeness (QED) is 0.793. The van der Waals surface area contributed by atoms with E-state index >= 15 is 0 Å². The molecule has 1 aliphatic heterocycles. The van der Waals surface area contributed by atoms with Gasteiger partial charge in [-0.3, -0.25) is 10.1 Å². The third-order valence-corrected chi connectivity index (χ3v) is 4.88. The Morgan fingerprint density at radius 3 is 2.88 bits per heavy atom. The molecule has 0 atom stereocenters. The molecule has 7 nitrogen and oxygen atoms in total. The van der Waals surface area contributed by atoms with Gasteiger partial charge in [-0.1, -0.05) is 22.9 Å². The van der Waals surface area contributed by atoms with Crippen molar-refractivity contribution in [2.75, 3.05) is 25.1 Å². The molecule has 2 aromatic rings. The van der Waals surface area contributed by atoms with Crippen LogP contribution in [0.2, 0.25) is 5.02 Å². The van der Waals surface area contributed by atoms with E-state index in [9.17, 15) is 9.59 Å². The number of aromatic nitrogens is 1. The monoisotopic (exact) mass is 396 g/mol. The predicted molar refractivity (Wildman–Crippen MR) is 97.8 cm³/mol. The number of aryl methyl sites for hydroxylation is 1. The van der Waals surface area contributed by atoms with E-state index in [0.29, 0.717) is 51.0 Å². The molecule has 0 radical (unpaired) electrons. The van der Waals surface area contributed by atoms with Gasteiger partial charge in [0, 0.05) is 12.0 Å².